The van der Waals surface area contributed by atoms with Crippen molar-refractivity contribution in [2.24, 2.45) is 0 Å². The molecule has 0 unspecified atom stereocenters. The smallest absolute Gasteiger partial charge is 0.257 e. The van der Waals surface area contributed by atoms with E-state index in [-0.39, 0.29) is 5.91 Å². The summed E-state index contributed by atoms with van der Waals surface area (Å²) in [7, 11) is 0. The number of hydrogen-bond donors (Lipinski definition) is 1. The predicted octanol–water partition coefficient (Wildman–Crippen LogP) is 4.57. The second-order valence-electron chi connectivity index (χ2n) is 6.80. The van der Waals surface area contributed by atoms with Crippen LogP contribution in [-0.4, -0.2) is 30.6 Å². The van der Waals surface area contributed by atoms with Crippen molar-refractivity contribution >= 4 is 23.1 Å². The molecular weight excluding hydrogens is 366 g/mol. The van der Waals surface area contributed by atoms with Gasteiger partial charge in [0, 0.05) is 30.2 Å². The van der Waals surface area contributed by atoms with Crippen LogP contribution in [0.15, 0.2) is 60.8 Å². The number of anilines is 3. The minimum atomic E-state index is -0.223. The highest BCUT2D eigenvalue weighted by molar-refractivity contribution is 6.04. The molecule has 0 radical (unpaired) electrons. The number of aromatic nitrogens is 1. The molecule has 1 N–H and O–H groups in total. The Hall–Kier alpha value is -3.54. The van der Waals surface area contributed by atoms with Gasteiger partial charge in [-0.05, 0) is 55.8 Å². The normalized spacial score (nSPS) is 12.3. The van der Waals surface area contributed by atoms with E-state index < -0.39 is 0 Å². The van der Waals surface area contributed by atoms with Crippen molar-refractivity contribution < 1.29 is 14.3 Å². The molecule has 0 fully saturated rings. The lowest BCUT2D eigenvalue weighted by atomic mass is 10.2. The van der Waals surface area contributed by atoms with E-state index in [9.17, 15) is 4.79 Å². The Labute approximate surface area is 170 Å². The third-order valence-corrected chi connectivity index (χ3v) is 4.72. The summed E-state index contributed by atoms with van der Waals surface area (Å²) in [5.41, 5.74) is 3.41. The van der Waals surface area contributed by atoms with Crippen molar-refractivity contribution in [2.45, 2.75) is 13.8 Å². The fourth-order valence-corrected chi connectivity index (χ4v) is 3.28. The van der Waals surface area contributed by atoms with Crippen molar-refractivity contribution in [1.82, 2.24) is 4.98 Å². The van der Waals surface area contributed by atoms with E-state index in [1.54, 1.807) is 30.5 Å². The molecule has 6 heteroatoms. The molecule has 0 spiro atoms. The van der Waals surface area contributed by atoms with Crippen molar-refractivity contribution in [3.8, 4) is 11.5 Å². The summed E-state index contributed by atoms with van der Waals surface area (Å²) < 4.78 is 11.1. The number of fused-ring (bicyclic) bond motifs is 1. The molecule has 1 amide bonds. The van der Waals surface area contributed by atoms with E-state index in [0.29, 0.717) is 36.0 Å². The zero-order chi connectivity index (χ0) is 20.2. The van der Waals surface area contributed by atoms with Gasteiger partial charge in [-0.2, -0.15) is 0 Å². The Balaban J connectivity index is 1.49. The van der Waals surface area contributed by atoms with Gasteiger partial charge in [0.25, 0.3) is 5.91 Å². The highest BCUT2D eigenvalue weighted by Gasteiger charge is 2.14. The van der Waals surface area contributed by atoms with Gasteiger partial charge in [-0.3, -0.25) is 4.79 Å². The Morgan fingerprint density at radius 3 is 2.62 bits per heavy atom. The van der Waals surface area contributed by atoms with E-state index in [0.717, 1.165) is 18.1 Å². The number of aryl methyl sites for hydroxylation is 1. The van der Waals surface area contributed by atoms with Gasteiger partial charge in [-0.25, -0.2) is 4.98 Å². The Bertz CT molecular complexity index is 1020. The van der Waals surface area contributed by atoms with Crippen molar-refractivity contribution in [1.29, 1.82) is 0 Å². The van der Waals surface area contributed by atoms with Gasteiger partial charge in [0.15, 0.2) is 11.5 Å². The van der Waals surface area contributed by atoms with E-state index in [2.05, 4.69) is 47.2 Å². The summed E-state index contributed by atoms with van der Waals surface area (Å²) in [4.78, 5) is 19.2. The molecule has 0 bridgehead atoms. The van der Waals surface area contributed by atoms with Gasteiger partial charge in [0.1, 0.15) is 19.0 Å². The standard InChI is InChI=1S/C23H23N3O3/c1-3-26(19-6-4-5-16(2)13-19)22-10-7-17(15-24-22)23(27)25-18-8-9-20-21(14-18)29-12-11-28-20/h4-10,13-15H,3,11-12H2,1-2H3,(H,25,27). The van der Waals surface area contributed by atoms with Crippen LogP contribution in [0.5, 0.6) is 11.5 Å². The lowest BCUT2D eigenvalue weighted by Gasteiger charge is -2.22. The van der Waals surface area contributed by atoms with E-state index >= 15 is 0 Å². The first-order chi connectivity index (χ1) is 14.1. The highest BCUT2D eigenvalue weighted by Crippen LogP contribution is 2.32. The minimum Gasteiger partial charge on any atom is -0.486 e. The summed E-state index contributed by atoms with van der Waals surface area (Å²) in [6.07, 6.45) is 1.60. The molecule has 1 aliphatic heterocycles. The molecular formula is C23H23N3O3. The largest absolute Gasteiger partial charge is 0.486 e. The third kappa shape index (κ3) is 4.16. The number of benzene rings is 2. The lowest BCUT2D eigenvalue weighted by Crippen LogP contribution is -2.18. The lowest BCUT2D eigenvalue weighted by molar-refractivity contribution is 0.102. The quantitative estimate of drug-likeness (QED) is 0.692. The van der Waals surface area contributed by atoms with Gasteiger partial charge in [0.2, 0.25) is 0 Å². The molecule has 3 aromatic rings. The first-order valence-electron chi connectivity index (χ1n) is 9.65. The zero-order valence-electron chi connectivity index (χ0n) is 16.5. The summed E-state index contributed by atoms with van der Waals surface area (Å²) in [5.74, 6) is 1.91. The van der Waals surface area contributed by atoms with E-state index in [1.807, 2.05) is 12.1 Å². The highest BCUT2D eigenvalue weighted by atomic mass is 16.6. The summed E-state index contributed by atoms with van der Waals surface area (Å²) in [6, 6.07) is 17.3. The number of rotatable bonds is 5. The Kier molecular flexibility index (Phi) is 5.33. The molecule has 2 heterocycles. The number of nitrogens with one attached hydrogen (secondary N) is 1. The van der Waals surface area contributed by atoms with Crippen molar-refractivity contribution in [3.05, 3.63) is 71.9 Å². The van der Waals surface area contributed by atoms with Crippen LogP contribution in [-0.2, 0) is 0 Å². The average molecular weight is 389 g/mol. The average Bonchev–Trinajstić information content (AvgIpc) is 2.75. The van der Waals surface area contributed by atoms with Crippen LogP contribution in [0.3, 0.4) is 0 Å². The second-order valence-corrected chi connectivity index (χ2v) is 6.80. The summed E-state index contributed by atoms with van der Waals surface area (Å²) in [6.45, 7) is 5.96. The van der Waals surface area contributed by atoms with Crippen LogP contribution < -0.4 is 19.7 Å². The number of hydrogen-bond acceptors (Lipinski definition) is 5. The molecule has 0 saturated heterocycles. The van der Waals surface area contributed by atoms with Crippen molar-refractivity contribution in [3.63, 3.8) is 0 Å². The monoisotopic (exact) mass is 389 g/mol. The number of carbonyl (C=O) groups excluding carboxylic acids is 1. The fourth-order valence-electron chi connectivity index (χ4n) is 3.28. The SMILES string of the molecule is CCN(c1cccc(C)c1)c1ccc(C(=O)Nc2ccc3c(c2)OCCO3)cn1. The molecule has 0 saturated carbocycles. The fraction of sp³-hybridized carbons (Fsp3) is 0.217. The number of amides is 1. The van der Waals surface area contributed by atoms with Gasteiger partial charge >= 0.3 is 0 Å². The van der Waals surface area contributed by atoms with Crippen LogP contribution in [0, 0.1) is 6.92 Å². The maximum Gasteiger partial charge on any atom is 0.257 e. The molecule has 4 rings (SSSR count). The number of pyridine rings is 1. The van der Waals surface area contributed by atoms with Crippen LogP contribution >= 0.6 is 0 Å². The molecule has 29 heavy (non-hydrogen) atoms. The molecule has 148 valence electrons. The first-order valence-corrected chi connectivity index (χ1v) is 9.65. The van der Waals surface area contributed by atoms with Crippen LogP contribution in [0.25, 0.3) is 0 Å². The van der Waals surface area contributed by atoms with Crippen molar-refractivity contribution in [2.75, 3.05) is 30.0 Å². The van der Waals surface area contributed by atoms with Crippen LogP contribution in [0.1, 0.15) is 22.8 Å². The first kappa shape index (κ1) is 18.8. The van der Waals surface area contributed by atoms with Gasteiger partial charge < -0.3 is 19.7 Å². The third-order valence-electron chi connectivity index (χ3n) is 4.72. The number of carbonyl (C=O) groups is 1. The number of nitrogens with zero attached hydrogens (tertiary/aromatic N) is 2. The summed E-state index contributed by atoms with van der Waals surface area (Å²) in [5, 5.41) is 2.88. The maximum absolute atomic E-state index is 12.6. The summed E-state index contributed by atoms with van der Waals surface area (Å²) >= 11 is 0. The van der Waals surface area contributed by atoms with E-state index in [4.69, 9.17) is 9.47 Å². The van der Waals surface area contributed by atoms with Crippen LogP contribution in [0.2, 0.25) is 0 Å². The predicted molar refractivity (Wildman–Crippen MR) is 113 cm³/mol. The molecule has 0 aliphatic carbocycles. The Morgan fingerprint density at radius 1 is 1.07 bits per heavy atom. The molecule has 2 aromatic carbocycles. The number of ether oxygens (including phenoxy) is 2. The molecule has 0 atom stereocenters. The van der Waals surface area contributed by atoms with Crippen LogP contribution in [0.4, 0.5) is 17.2 Å². The van der Waals surface area contributed by atoms with Gasteiger partial charge in [-0.1, -0.05) is 12.1 Å². The molecule has 1 aromatic heterocycles. The zero-order valence-corrected chi connectivity index (χ0v) is 16.5. The minimum absolute atomic E-state index is 0.223. The van der Waals surface area contributed by atoms with Gasteiger partial charge in [-0.15, -0.1) is 0 Å². The van der Waals surface area contributed by atoms with E-state index in [1.165, 1.54) is 5.56 Å². The topological polar surface area (TPSA) is 63.7 Å². The molecule has 1 aliphatic rings. The molecule has 6 nitrogen and oxygen atoms in total. The van der Waals surface area contributed by atoms with Gasteiger partial charge in [0.05, 0.1) is 5.56 Å². The Morgan fingerprint density at radius 2 is 1.90 bits per heavy atom. The second kappa shape index (κ2) is 8.22. The maximum atomic E-state index is 12.6.